The maximum Gasteiger partial charge on any atom is 0.356 e. The van der Waals surface area contributed by atoms with Crippen molar-refractivity contribution >= 4 is 11.9 Å². The number of carbonyl (C=O) groups excluding carboxylic acids is 2. The first-order valence-corrected chi connectivity index (χ1v) is 10.1. The third-order valence-corrected chi connectivity index (χ3v) is 4.97. The Labute approximate surface area is 197 Å². The van der Waals surface area contributed by atoms with Crippen molar-refractivity contribution < 1.29 is 19.1 Å². The van der Waals surface area contributed by atoms with Crippen LogP contribution in [0.1, 0.15) is 41.5 Å². The lowest BCUT2D eigenvalue weighted by atomic mass is 9.55. The molecular weight excluding hydrogens is 436 g/mol. The zero-order chi connectivity index (χ0) is 26.1. The predicted octanol–water partition coefficient (Wildman–Crippen LogP) is 2.65. The Bertz CT molecular complexity index is 1210. The molecule has 1 unspecified atom stereocenters. The molecule has 0 aromatic heterocycles. The quantitative estimate of drug-likeness (QED) is 0.559. The third kappa shape index (κ3) is 3.97. The molecule has 10 nitrogen and oxygen atoms in total. The molecule has 0 bridgehead atoms. The van der Waals surface area contributed by atoms with Gasteiger partial charge in [-0.25, -0.2) is 9.59 Å². The maximum atomic E-state index is 13.4. The molecule has 172 valence electrons. The van der Waals surface area contributed by atoms with E-state index < -0.39 is 51.3 Å². The second kappa shape index (κ2) is 8.40. The van der Waals surface area contributed by atoms with Crippen molar-refractivity contribution in [3.05, 3.63) is 35.2 Å². The van der Waals surface area contributed by atoms with E-state index in [1.54, 1.807) is 45.0 Å². The molecule has 0 spiro atoms. The summed E-state index contributed by atoms with van der Waals surface area (Å²) in [5.41, 5.74) is -8.68. The number of nitrogens with zero attached hydrogens (tertiary/aromatic N) is 6. The highest BCUT2D eigenvalue weighted by molar-refractivity contribution is 6.03. The summed E-state index contributed by atoms with van der Waals surface area (Å²) in [4.78, 5) is 27.9. The second-order valence-electron chi connectivity index (χ2n) is 9.63. The lowest BCUT2D eigenvalue weighted by Gasteiger charge is -2.48. The summed E-state index contributed by atoms with van der Waals surface area (Å²) < 4.78 is 10.9. The van der Waals surface area contributed by atoms with Gasteiger partial charge in [0, 0.05) is 6.20 Å². The van der Waals surface area contributed by atoms with Crippen molar-refractivity contribution in [2.75, 3.05) is 0 Å². The number of rotatable bonds is 2. The van der Waals surface area contributed by atoms with Gasteiger partial charge in [-0.3, -0.25) is 0 Å². The van der Waals surface area contributed by atoms with E-state index in [2.05, 4.69) is 0 Å². The van der Waals surface area contributed by atoms with Gasteiger partial charge in [-0.1, -0.05) is 0 Å². The van der Waals surface area contributed by atoms with Crippen LogP contribution < -0.4 is 0 Å². The third-order valence-electron chi connectivity index (χ3n) is 4.97. The molecule has 2 aliphatic rings. The minimum atomic E-state index is -2.76. The first kappa shape index (κ1) is 25.7. The fourth-order valence-corrected chi connectivity index (χ4v) is 3.66. The Morgan fingerprint density at radius 3 is 1.79 bits per heavy atom. The lowest BCUT2D eigenvalue weighted by Crippen LogP contribution is -2.60. The van der Waals surface area contributed by atoms with Crippen LogP contribution in [0, 0.1) is 67.5 Å². The Balaban J connectivity index is 3.12. The minimum Gasteiger partial charge on any atom is -0.456 e. The monoisotopic (exact) mass is 458 g/mol. The number of esters is 2. The van der Waals surface area contributed by atoms with Gasteiger partial charge in [-0.15, -0.1) is 0 Å². The van der Waals surface area contributed by atoms with Gasteiger partial charge in [0.2, 0.25) is 10.8 Å². The van der Waals surface area contributed by atoms with Crippen LogP contribution in [0.2, 0.25) is 0 Å². The van der Waals surface area contributed by atoms with E-state index in [1.807, 2.05) is 6.07 Å². The molecule has 0 aliphatic carbocycles. The van der Waals surface area contributed by atoms with E-state index in [0.29, 0.717) is 0 Å². The van der Waals surface area contributed by atoms with Crippen LogP contribution in [0.4, 0.5) is 0 Å². The highest BCUT2D eigenvalue weighted by atomic mass is 16.6. The van der Waals surface area contributed by atoms with Crippen LogP contribution in [-0.4, -0.2) is 34.1 Å². The summed E-state index contributed by atoms with van der Waals surface area (Å²) in [5.74, 6) is -2.30. The molecule has 0 amide bonds. The number of nitriles is 5. The molecule has 0 saturated heterocycles. The number of hydrogen-bond donors (Lipinski definition) is 0. The largest absolute Gasteiger partial charge is 0.456 e. The van der Waals surface area contributed by atoms with Crippen LogP contribution in [0.3, 0.4) is 0 Å². The van der Waals surface area contributed by atoms with Crippen LogP contribution in [0.15, 0.2) is 35.2 Å². The van der Waals surface area contributed by atoms with Gasteiger partial charge in [-0.2, -0.15) is 26.3 Å². The van der Waals surface area contributed by atoms with E-state index in [9.17, 15) is 35.9 Å². The number of fused-ring (bicyclic) bond motifs is 1. The molecule has 0 saturated carbocycles. The molecule has 0 N–H and O–H groups in total. The Morgan fingerprint density at radius 2 is 1.38 bits per heavy atom. The van der Waals surface area contributed by atoms with Gasteiger partial charge in [0.15, 0.2) is 0 Å². The standard InChI is InChI=1S/C24H22N6O4/c1-21(2,3)33-19(31)17-18(20(32)34-22(4,5)6)30-8-7-15(10-25)9-16(30)23(11-26,12-27)24(17,13-28)14-29/h7-9,16H,1-6H3. The molecule has 34 heavy (non-hydrogen) atoms. The Hall–Kier alpha value is -4.59. The Kier molecular flexibility index (Phi) is 6.34. The highest BCUT2D eigenvalue weighted by Crippen LogP contribution is 2.55. The van der Waals surface area contributed by atoms with E-state index in [0.717, 1.165) is 4.90 Å². The molecule has 0 aromatic carbocycles. The number of ether oxygens (including phenoxy) is 2. The zero-order valence-corrected chi connectivity index (χ0v) is 19.6. The molecule has 2 aliphatic heterocycles. The number of hydrogen-bond acceptors (Lipinski definition) is 10. The summed E-state index contributed by atoms with van der Waals surface area (Å²) in [6.45, 7) is 9.35. The van der Waals surface area contributed by atoms with Crippen LogP contribution in [0.5, 0.6) is 0 Å². The highest BCUT2D eigenvalue weighted by Gasteiger charge is 2.69. The lowest BCUT2D eigenvalue weighted by molar-refractivity contribution is -0.157. The van der Waals surface area contributed by atoms with Gasteiger partial charge >= 0.3 is 11.9 Å². The number of carbonyl (C=O) groups is 2. The average Bonchev–Trinajstić information content (AvgIpc) is 2.74. The molecule has 10 heteroatoms. The number of allylic oxidation sites excluding steroid dienone is 2. The Morgan fingerprint density at radius 1 is 0.882 bits per heavy atom. The average molecular weight is 458 g/mol. The topological polar surface area (TPSA) is 175 Å². The first-order valence-electron chi connectivity index (χ1n) is 10.1. The van der Waals surface area contributed by atoms with Crippen molar-refractivity contribution in [3.63, 3.8) is 0 Å². The van der Waals surface area contributed by atoms with Crippen molar-refractivity contribution in [2.45, 2.75) is 58.8 Å². The van der Waals surface area contributed by atoms with Crippen LogP contribution in [-0.2, 0) is 19.1 Å². The van der Waals surface area contributed by atoms with E-state index in [4.69, 9.17) is 9.47 Å². The smallest absolute Gasteiger partial charge is 0.356 e. The second-order valence-corrected chi connectivity index (χ2v) is 9.63. The molecule has 0 aromatic rings. The summed E-state index contributed by atoms with van der Waals surface area (Å²) in [7, 11) is 0. The molecule has 1 atom stereocenters. The molecule has 2 rings (SSSR count). The first-order chi connectivity index (χ1) is 15.7. The fourth-order valence-electron chi connectivity index (χ4n) is 3.66. The molecule has 0 fully saturated rings. The van der Waals surface area contributed by atoms with Crippen molar-refractivity contribution in [1.82, 2.24) is 4.90 Å². The van der Waals surface area contributed by atoms with Crippen molar-refractivity contribution in [1.29, 1.82) is 26.3 Å². The molecule has 0 radical (unpaired) electrons. The van der Waals surface area contributed by atoms with Crippen molar-refractivity contribution in [2.24, 2.45) is 10.8 Å². The summed E-state index contributed by atoms with van der Waals surface area (Å²) in [6.07, 6.45) is 3.74. The fraction of sp³-hybridized carbons (Fsp3) is 0.458. The van der Waals surface area contributed by atoms with E-state index in [1.165, 1.54) is 39.1 Å². The molecular formula is C24H22N6O4. The maximum absolute atomic E-state index is 13.4. The van der Waals surface area contributed by atoms with Crippen LogP contribution >= 0.6 is 0 Å². The normalized spacial score (nSPS) is 20.2. The minimum absolute atomic E-state index is 0.0326. The van der Waals surface area contributed by atoms with E-state index >= 15 is 0 Å². The summed E-state index contributed by atoms with van der Waals surface area (Å²) in [5, 5.41) is 50.1. The van der Waals surface area contributed by atoms with Crippen molar-refractivity contribution in [3.8, 4) is 30.3 Å². The predicted molar refractivity (Wildman–Crippen MR) is 114 cm³/mol. The van der Waals surface area contributed by atoms with Gasteiger partial charge in [-0.05, 0) is 53.7 Å². The van der Waals surface area contributed by atoms with Gasteiger partial charge in [0.05, 0.1) is 42.0 Å². The van der Waals surface area contributed by atoms with E-state index in [-0.39, 0.29) is 5.57 Å². The van der Waals surface area contributed by atoms with Crippen LogP contribution in [0.25, 0.3) is 0 Å². The summed E-state index contributed by atoms with van der Waals surface area (Å²) in [6, 6.07) is 7.21. The van der Waals surface area contributed by atoms with Gasteiger partial charge in [0.25, 0.3) is 0 Å². The SMILES string of the molecule is CC(C)(C)OC(=O)C1=C(C(=O)OC(C)(C)C)C(C#N)(C#N)C(C#N)(C#N)C2C=C(C#N)C=CN12. The van der Waals surface area contributed by atoms with Gasteiger partial charge in [0.1, 0.15) is 22.5 Å². The summed E-state index contributed by atoms with van der Waals surface area (Å²) >= 11 is 0. The van der Waals surface area contributed by atoms with Gasteiger partial charge < -0.3 is 14.4 Å². The zero-order valence-electron chi connectivity index (χ0n) is 19.6. The molecule has 2 heterocycles.